The van der Waals surface area contributed by atoms with Gasteiger partial charge in [0.2, 0.25) is 5.91 Å². The van der Waals surface area contributed by atoms with Gasteiger partial charge in [-0.15, -0.1) is 0 Å². The molecule has 1 N–H and O–H groups in total. The molecule has 1 aliphatic heterocycles. The Kier molecular flexibility index (Phi) is 5.25. The standard InChI is InChI=1S/C18H22FN3O2/c1-22-12-13(10-21-22)2-7-17(23)20-11-15-8-9-24-18(15)14-3-5-16(19)6-4-14/h3-6,10,12,15,18H,2,7-9,11H2,1H3,(H,20,23)/t15-,18-/m0/s1. The van der Waals surface area contributed by atoms with Crippen LogP contribution in [0.15, 0.2) is 36.7 Å². The van der Waals surface area contributed by atoms with E-state index in [1.165, 1.54) is 12.1 Å². The minimum Gasteiger partial charge on any atom is -0.373 e. The number of hydrogen-bond acceptors (Lipinski definition) is 3. The predicted molar refractivity (Wildman–Crippen MR) is 87.7 cm³/mol. The number of carbonyl (C=O) groups is 1. The van der Waals surface area contributed by atoms with Gasteiger partial charge in [0.05, 0.1) is 12.3 Å². The third-order valence-electron chi connectivity index (χ3n) is 4.37. The Balaban J connectivity index is 1.48. The molecule has 1 fully saturated rings. The minimum atomic E-state index is -0.253. The van der Waals surface area contributed by atoms with Crippen LogP contribution in [0, 0.1) is 11.7 Å². The second-order valence-corrected chi connectivity index (χ2v) is 6.22. The number of nitrogens with zero attached hydrogens (tertiary/aromatic N) is 2. The molecule has 3 rings (SSSR count). The molecule has 2 heterocycles. The zero-order valence-corrected chi connectivity index (χ0v) is 13.7. The number of amides is 1. The van der Waals surface area contributed by atoms with Crippen molar-refractivity contribution >= 4 is 5.91 Å². The third-order valence-corrected chi connectivity index (χ3v) is 4.37. The van der Waals surface area contributed by atoms with Gasteiger partial charge in [-0.25, -0.2) is 4.39 Å². The van der Waals surface area contributed by atoms with E-state index in [0.717, 1.165) is 17.5 Å². The van der Waals surface area contributed by atoms with Crippen LogP contribution in [-0.4, -0.2) is 28.8 Å². The summed E-state index contributed by atoms with van der Waals surface area (Å²) < 4.78 is 20.6. The third kappa shape index (κ3) is 4.20. The van der Waals surface area contributed by atoms with Gasteiger partial charge in [-0.2, -0.15) is 5.10 Å². The molecule has 1 aromatic heterocycles. The minimum absolute atomic E-state index is 0.0311. The van der Waals surface area contributed by atoms with Crippen molar-refractivity contribution in [2.24, 2.45) is 13.0 Å². The number of aryl methyl sites for hydroxylation is 2. The molecule has 1 saturated heterocycles. The predicted octanol–water partition coefficient (Wildman–Crippen LogP) is 2.39. The van der Waals surface area contributed by atoms with Crippen LogP contribution in [-0.2, 0) is 23.0 Å². The molecule has 1 amide bonds. The number of benzene rings is 1. The van der Waals surface area contributed by atoms with E-state index in [4.69, 9.17) is 4.74 Å². The van der Waals surface area contributed by atoms with Crippen LogP contribution >= 0.6 is 0 Å². The first-order chi connectivity index (χ1) is 11.6. The van der Waals surface area contributed by atoms with E-state index in [-0.39, 0.29) is 23.7 Å². The number of nitrogens with one attached hydrogen (secondary N) is 1. The maximum Gasteiger partial charge on any atom is 0.220 e. The maximum absolute atomic E-state index is 13.0. The number of hydrogen-bond donors (Lipinski definition) is 1. The molecular weight excluding hydrogens is 309 g/mol. The zero-order chi connectivity index (χ0) is 16.9. The number of halogens is 1. The first kappa shape index (κ1) is 16.6. The van der Waals surface area contributed by atoms with Crippen molar-refractivity contribution in [1.29, 1.82) is 0 Å². The summed E-state index contributed by atoms with van der Waals surface area (Å²) in [6.07, 6.45) is 5.64. The van der Waals surface area contributed by atoms with E-state index >= 15 is 0 Å². The van der Waals surface area contributed by atoms with Crippen molar-refractivity contribution in [1.82, 2.24) is 15.1 Å². The fourth-order valence-corrected chi connectivity index (χ4v) is 3.06. The van der Waals surface area contributed by atoms with Gasteiger partial charge in [0, 0.05) is 38.7 Å². The molecular formula is C18H22FN3O2. The summed E-state index contributed by atoms with van der Waals surface area (Å²) in [7, 11) is 1.86. The average Bonchev–Trinajstić information content (AvgIpc) is 3.20. The van der Waals surface area contributed by atoms with Crippen LogP contribution in [0.25, 0.3) is 0 Å². The molecule has 0 unspecified atom stereocenters. The van der Waals surface area contributed by atoms with Gasteiger partial charge in [-0.05, 0) is 36.1 Å². The number of rotatable bonds is 6. The molecule has 0 bridgehead atoms. The molecule has 1 aromatic carbocycles. The summed E-state index contributed by atoms with van der Waals surface area (Å²) in [5.74, 6) is -0.00147. The van der Waals surface area contributed by atoms with Crippen molar-refractivity contribution in [3.05, 3.63) is 53.6 Å². The lowest BCUT2D eigenvalue weighted by Gasteiger charge is -2.19. The van der Waals surface area contributed by atoms with Crippen LogP contribution in [0.3, 0.4) is 0 Å². The summed E-state index contributed by atoms with van der Waals surface area (Å²) in [5, 5.41) is 7.09. The van der Waals surface area contributed by atoms with Gasteiger partial charge in [-0.3, -0.25) is 9.48 Å². The Morgan fingerprint density at radius 3 is 2.92 bits per heavy atom. The highest BCUT2D eigenvalue weighted by Crippen LogP contribution is 2.34. The zero-order valence-electron chi connectivity index (χ0n) is 13.7. The fraction of sp³-hybridized carbons (Fsp3) is 0.444. The summed E-state index contributed by atoms with van der Waals surface area (Å²) >= 11 is 0. The maximum atomic E-state index is 13.0. The fourth-order valence-electron chi connectivity index (χ4n) is 3.06. The quantitative estimate of drug-likeness (QED) is 0.884. The van der Waals surface area contributed by atoms with E-state index in [0.29, 0.717) is 26.0 Å². The van der Waals surface area contributed by atoms with Gasteiger partial charge in [0.15, 0.2) is 0 Å². The van der Waals surface area contributed by atoms with Crippen LogP contribution < -0.4 is 5.32 Å². The summed E-state index contributed by atoms with van der Waals surface area (Å²) in [6, 6.07) is 6.40. The molecule has 0 aliphatic carbocycles. The Morgan fingerprint density at radius 1 is 1.42 bits per heavy atom. The molecule has 1 aliphatic rings. The molecule has 2 atom stereocenters. The molecule has 0 saturated carbocycles. The lowest BCUT2D eigenvalue weighted by molar-refractivity contribution is -0.121. The van der Waals surface area contributed by atoms with Crippen LogP contribution in [0.2, 0.25) is 0 Å². The van der Waals surface area contributed by atoms with E-state index in [2.05, 4.69) is 10.4 Å². The monoisotopic (exact) mass is 331 g/mol. The van der Waals surface area contributed by atoms with Gasteiger partial charge >= 0.3 is 0 Å². The Morgan fingerprint density at radius 2 is 2.21 bits per heavy atom. The highest BCUT2D eigenvalue weighted by molar-refractivity contribution is 5.76. The van der Waals surface area contributed by atoms with Crippen molar-refractivity contribution in [3.8, 4) is 0 Å². The van der Waals surface area contributed by atoms with Crippen LogP contribution in [0.1, 0.15) is 30.1 Å². The normalized spacial score (nSPS) is 20.2. The molecule has 128 valence electrons. The smallest absolute Gasteiger partial charge is 0.220 e. The van der Waals surface area contributed by atoms with Crippen molar-refractivity contribution in [2.75, 3.05) is 13.2 Å². The van der Waals surface area contributed by atoms with Crippen molar-refractivity contribution < 1.29 is 13.9 Å². The van der Waals surface area contributed by atoms with E-state index in [9.17, 15) is 9.18 Å². The lowest BCUT2D eigenvalue weighted by Crippen LogP contribution is -2.30. The van der Waals surface area contributed by atoms with Crippen molar-refractivity contribution in [2.45, 2.75) is 25.4 Å². The molecule has 0 radical (unpaired) electrons. The largest absolute Gasteiger partial charge is 0.373 e. The first-order valence-electron chi connectivity index (χ1n) is 8.23. The number of ether oxygens (including phenoxy) is 1. The molecule has 5 nitrogen and oxygen atoms in total. The lowest BCUT2D eigenvalue weighted by atomic mass is 9.95. The van der Waals surface area contributed by atoms with Gasteiger partial charge in [-0.1, -0.05) is 12.1 Å². The Labute approximate surface area is 140 Å². The average molecular weight is 331 g/mol. The molecule has 6 heteroatoms. The van der Waals surface area contributed by atoms with Crippen LogP contribution in [0.5, 0.6) is 0 Å². The van der Waals surface area contributed by atoms with Gasteiger partial charge in [0.1, 0.15) is 5.82 Å². The SMILES string of the molecule is Cn1cc(CCC(=O)NC[C@@H]2CCO[C@H]2c2ccc(F)cc2)cn1. The number of carbonyl (C=O) groups excluding carboxylic acids is 1. The van der Waals surface area contributed by atoms with E-state index < -0.39 is 0 Å². The Hall–Kier alpha value is -2.21. The second kappa shape index (κ2) is 7.57. The van der Waals surface area contributed by atoms with Gasteiger partial charge < -0.3 is 10.1 Å². The highest BCUT2D eigenvalue weighted by atomic mass is 19.1. The summed E-state index contributed by atoms with van der Waals surface area (Å²) in [4.78, 5) is 12.0. The topological polar surface area (TPSA) is 56.2 Å². The number of aromatic nitrogens is 2. The van der Waals surface area contributed by atoms with E-state index in [1.807, 2.05) is 13.2 Å². The highest BCUT2D eigenvalue weighted by Gasteiger charge is 2.29. The first-order valence-corrected chi connectivity index (χ1v) is 8.23. The van der Waals surface area contributed by atoms with Gasteiger partial charge in [0.25, 0.3) is 0 Å². The second-order valence-electron chi connectivity index (χ2n) is 6.22. The Bertz CT molecular complexity index is 684. The summed E-state index contributed by atoms with van der Waals surface area (Å²) in [5.41, 5.74) is 2.02. The molecule has 2 aromatic rings. The molecule has 24 heavy (non-hydrogen) atoms. The van der Waals surface area contributed by atoms with E-state index in [1.54, 1.807) is 23.0 Å². The molecule has 0 spiro atoms. The van der Waals surface area contributed by atoms with Crippen LogP contribution in [0.4, 0.5) is 4.39 Å². The summed E-state index contributed by atoms with van der Waals surface area (Å²) in [6.45, 7) is 1.24. The van der Waals surface area contributed by atoms with Crippen molar-refractivity contribution in [3.63, 3.8) is 0 Å².